The van der Waals surface area contributed by atoms with Crippen LogP contribution >= 0.6 is 0 Å². The number of aliphatic carboxylic acids is 1. The van der Waals surface area contributed by atoms with Crippen molar-refractivity contribution in [1.29, 1.82) is 0 Å². The van der Waals surface area contributed by atoms with Crippen LogP contribution in [-0.2, 0) is 4.79 Å². The van der Waals surface area contributed by atoms with E-state index < -0.39 is 17.8 Å². The minimum Gasteiger partial charge on any atom is -0.497 e. The van der Waals surface area contributed by atoms with Gasteiger partial charge in [-0.1, -0.05) is 12.1 Å². The van der Waals surface area contributed by atoms with Gasteiger partial charge in [-0.15, -0.1) is 0 Å². The molecule has 2 rings (SSSR count). The summed E-state index contributed by atoms with van der Waals surface area (Å²) in [7, 11) is 2.69. The van der Waals surface area contributed by atoms with E-state index in [1.54, 1.807) is 24.3 Å². The number of nitrogens with one attached hydrogen (secondary N) is 1. The van der Waals surface area contributed by atoms with Gasteiger partial charge >= 0.3 is 5.97 Å². The number of methoxy groups -OCH3 is 2. The minimum atomic E-state index is -1.34. The van der Waals surface area contributed by atoms with Gasteiger partial charge in [-0.2, -0.15) is 5.10 Å². The zero-order valence-electron chi connectivity index (χ0n) is 13.7. The van der Waals surface area contributed by atoms with Crippen molar-refractivity contribution in [2.45, 2.75) is 6.04 Å². The molecular formula is C17H18FN3O4. The van der Waals surface area contributed by atoms with Crippen LogP contribution in [0.15, 0.2) is 41.5 Å². The predicted octanol–water partition coefficient (Wildman–Crippen LogP) is 2.37. The van der Waals surface area contributed by atoms with Gasteiger partial charge < -0.3 is 25.7 Å². The molecule has 2 aromatic carbocycles. The van der Waals surface area contributed by atoms with Crippen LogP contribution in [0.5, 0.6) is 11.5 Å². The summed E-state index contributed by atoms with van der Waals surface area (Å²) < 4.78 is 24.6. The molecule has 0 bridgehead atoms. The van der Waals surface area contributed by atoms with Crippen LogP contribution in [0.1, 0.15) is 17.2 Å². The van der Waals surface area contributed by atoms with Gasteiger partial charge in [-0.25, -0.2) is 9.18 Å². The summed E-state index contributed by atoms with van der Waals surface area (Å²) in [5.41, 5.74) is 1.13. The van der Waals surface area contributed by atoms with Gasteiger partial charge in [0.15, 0.2) is 17.6 Å². The number of hydrazone groups is 1. The normalized spacial score (nSPS) is 12.0. The van der Waals surface area contributed by atoms with Crippen molar-refractivity contribution >= 4 is 17.9 Å². The number of benzene rings is 2. The lowest BCUT2D eigenvalue weighted by molar-refractivity contribution is -0.138. The van der Waals surface area contributed by atoms with Crippen LogP contribution in [-0.4, -0.2) is 31.5 Å². The van der Waals surface area contributed by atoms with Crippen molar-refractivity contribution < 1.29 is 23.8 Å². The maximum absolute atomic E-state index is 14.6. The molecule has 0 fully saturated rings. The van der Waals surface area contributed by atoms with E-state index in [1.165, 1.54) is 32.6 Å². The summed E-state index contributed by atoms with van der Waals surface area (Å²) in [4.78, 5) is 11.7. The highest BCUT2D eigenvalue weighted by Gasteiger charge is 2.26. The Morgan fingerprint density at radius 3 is 2.48 bits per heavy atom. The van der Waals surface area contributed by atoms with E-state index in [9.17, 15) is 14.3 Å². The largest absolute Gasteiger partial charge is 0.497 e. The third-order valence-electron chi connectivity index (χ3n) is 3.50. The Morgan fingerprint density at radius 1 is 1.28 bits per heavy atom. The highest BCUT2D eigenvalue weighted by atomic mass is 19.1. The summed E-state index contributed by atoms with van der Waals surface area (Å²) >= 11 is 0. The summed E-state index contributed by atoms with van der Waals surface area (Å²) in [6.45, 7) is 0. The smallest absolute Gasteiger partial charge is 0.330 e. The monoisotopic (exact) mass is 347 g/mol. The highest BCUT2D eigenvalue weighted by molar-refractivity contribution is 5.82. The van der Waals surface area contributed by atoms with Gasteiger partial charge in [0.25, 0.3) is 0 Å². The van der Waals surface area contributed by atoms with Crippen LogP contribution in [0.25, 0.3) is 0 Å². The molecule has 0 amide bonds. The first-order valence-electron chi connectivity index (χ1n) is 7.24. The van der Waals surface area contributed by atoms with Crippen molar-refractivity contribution in [3.8, 4) is 11.5 Å². The average molecular weight is 347 g/mol. The molecule has 1 atom stereocenters. The molecule has 1 unspecified atom stereocenters. The summed E-state index contributed by atoms with van der Waals surface area (Å²) in [6, 6.07) is 8.00. The number of hydrogen-bond acceptors (Lipinski definition) is 6. The zero-order chi connectivity index (χ0) is 18.4. The molecule has 0 aliphatic carbocycles. The zero-order valence-corrected chi connectivity index (χ0v) is 13.7. The molecular weight excluding hydrogens is 329 g/mol. The van der Waals surface area contributed by atoms with Gasteiger partial charge in [0.1, 0.15) is 5.75 Å². The van der Waals surface area contributed by atoms with Crippen molar-refractivity contribution in [1.82, 2.24) is 0 Å². The van der Waals surface area contributed by atoms with Gasteiger partial charge in [-0.05, 0) is 23.8 Å². The van der Waals surface area contributed by atoms with Crippen LogP contribution in [0.3, 0.4) is 0 Å². The summed E-state index contributed by atoms with van der Waals surface area (Å²) in [6.07, 6.45) is 1.45. The van der Waals surface area contributed by atoms with Gasteiger partial charge in [0.2, 0.25) is 0 Å². The van der Waals surface area contributed by atoms with E-state index in [2.05, 4.69) is 10.4 Å². The SMILES string of the molecule is COc1cc(OC)c(F)c(C(Nc2ccc(C=NN)cc2)C(=O)O)c1. The van der Waals surface area contributed by atoms with Crippen molar-refractivity contribution in [2.24, 2.45) is 10.9 Å². The fourth-order valence-electron chi connectivity index (χ4n) is 2.26. The molecule has 132 valence electrons. The van der Waals surface area contributed by atoms with Crippen LogP contribution in [0.4, 0.5) is 10.1 Å². The number of carboxylic acid groups (broad SMARTS) is 1. The molecule has 0 spiro atoms. The Balaban J connectivity index is 2.39. The molecule has 0 heterocycles. The molecule has 4 N–H and O–H groups in total. The topological polar surface area (TPSA) is 106 Å². The van der Waals surface area contributed by atoms with E-state index in [0.29, 0.717) is 5.69 Å². The molecule has 0 radical (unpaired) electrons. The van der Waals surface area contributed by atoms with Crippen LogP contribution in [0.2, 0.25) is 0 Å². The molecule has 0 saturated heterocycles. The Labute approximate surface area is 143 Å². The Hall–Kier alpha value is -3.29. The quantitative estimate of drug-likeness (QED) is 0.403. The van der Waals surface area contributed by atoms with E-state index in [1.807, 2.05) is 0 Å². The Kier molecular flexibility index (Phi) is 5.78. The predicted molar refractivity (Wildman–Crippen MR) is 91.7 cm³/mol. The molecule has 8 heteroatoms. The maximum Gasteiger partial charge on any atom is 0.330 e. The molecule has 7 nitrogen and oxygen atoms in total. The van der Waals surface area contributed by atoms with Gasteiger partial charge in [-0.3, -0.25) is 0 Å². The number of rotatable bonds is 7. The molecule has 25 heavy (non-hydrogen) atoms. The maximum atomic E-state index is 14.6. The third kappa shape index (κ3) is 4.17. The van der Waals surface area contributed by atoms with Crippen molar-refractivity contribution in [2.75, 3.05) is 19.5 Å². The molecule has 0 aromatic heterocycles. The van der Waals surface area contributed by atoms with E-state index in [4.69, 9.17) is 15.3 Å². The Bertz CT molecular complexity index is 778. The van der Waals surface area contributed by atoms with Crippen LogP contribution < -0.4 is 20.6 Å². The first kappa shape index (κ1) is 18.1. The number of halogens is 1. The summed E-state index contributed by atoms with van der Waals surface area (Å²) in [5.74, 6) is 3.25. The second kappa shape index (κ2) is 8.00. The number of nitrogens with zero attached hydrogens (tertiary/aromatic N) is 1. The molecule has 2 aromatic rings. The minimum absolute atomic E-state index is 0.100. The average Bonchev–Trinajstić information content (AvgIpc) is 2.61. The number of carboxylic acids is 1. The van der Waals surface area contributed by atoms with Gasteiger partial charge in [0.05, 0.1) is 20.4 Å². The number of hydrogen-bond donors (Lipinski definition) is 3. The van der Waals surface area contributed by atoms with Crippen molar-refractivity contribution in [3.63, 3.8) is 0 Å². The molecule has 0 aliphatic heterocycles. The lowest BCUT2D eigenvalue weighted by Crippen LogP contribution is -2.22. The third-order valence-corrected chi connectivity index (χ3v) is 3.50. The summed E-state index contributed by atoms with van der Waals surface area (Å²) in [5, 5.41) is 15.7. The van der Waals surface area contributed by atoms with E-state index >= 15 is 0 Å². The van der Waals surface area contributed by atoms with Crippen molar-refractivity contribution in [3.05, 3.63) is 53.3 Å². The van der Waals surface area contributed by atoms with Gasteiger partial charge in [0, 0.05) is 17.3 Å². The number of ether oxygens (including phenoxy) is 2. The van der Waals surface area contributed by atoms with E-state index in [-0.39, 0.29) is 17.1 Å². The fraction of sp³-hybridized carbons (Fsp3) is 0.176. The second-order valence-electron chi connectivity index (χ2n) is 5.05. The molecule has 0 saturated carbocycles. The standard InChI is InChI=1S/C17H18FN3O4/c1-24-12-7-13(15(18)14(8-12)25-2)16(17(22)23)21-11-5-3-10(4-6-11)9-20-19/h3-9,16,21H,19H2,1-2H3,(H,22,23). The fourth-order valence-corrected chi connectivity index (χ4v) is 2.26. The Morgan fingerprint density at radius 2 is 1.96 bits per heavy atom. The van der Waals surface area contributed by atoms with Crippen LogP contribution in [0, 0.1) is 5.82 Å². The number of nitrogens with two attached hydrogens (primary N) is 1. The first-order valence-corrected chi connectivity index (χ1v) is 7.24. The van der Waals surface area contributed by atoms with E-state index in [0.717, 1.165) is 5.56 Å². The first-order chi connectivity index (χ1) is 12.0. The number of anilines is 1. The lowest BCUT2D eigenvalue weighted by atomic mass is 10.0. The lowest BCUT2D eigenvalue weighted by Gasteiger charge is -2.19. The molecule has 0 aliphatic rings. The second-order valence-corrected chi connectivity index (χ2v) is 5.05. The number of carbonyl (C=O) groups is 1. The highest BCUT2D eigenvalue weighted by Crippen LogP contribution is 2.32.